The molecule has 4 fully saturated rings. The first kappa shape index (κ1) is 28.7. The summed E-state index contributed by atoms with van der Waals surface area (Å²) in [5.41, 5.74) is -0.449. The van der Waals surface area contributed by atoms with Crippen LogP contribution in [0.25, 0.3) is 0 Å². The van der Waals surface area contributed by atoms with Crippen LogP contribution in [0.4, 0.5) is 16.4 Å². The van der Waals surface area contributed by atoms with Crippen LogP contribution >= 0.6 is 31.9 Å². The van der Waals surface area contributed by atoms with Gasteiger partial charge < -0.3 is 19.4 Å². The number of aromatic nitrogens is 2. The summed E-state index contributed by atoms with van der Waals surface area (Å²) in [4.78, 5) is 28.2. The SMILES string of the molecule is Brc1ccc(N2C[C@H]3CCCC[C@H]3C2)nc1.CC(C)(C)OC(=O)N1CCC[C@H]2CN(c3ccc(Br)cn3)C[C@H]21. The number of ether oxygens (including phenoxy) is 1. The molecule has 1 aliphatic carbocycles. The second kappa shape index (κ2) is 12.3. The van der Waals surface area contributed by atoms with E-state index in [1.54, 1.807) is 0 Å². The number of rotatable bonds is 2. The van der Waals surface area contributed by atoms with Crippen molar-refractivity contribution < 1.29 is 9.53 Å². The average Bonchev–Trinajstić information content (AvgIpc) is 3.53. The maximum atomic E-state index is 12.5. The number of anilines is 2. The quantitative estimate of drug-likeness (QED) is 0.340. The van der Waals surface area contributed by atoms with E-state index in [0.717, 1.165) is 64.9 Å². The summed E-state index contributed by atoms with van der Waals surface area (Å²) in [5.74, 6) is 4.49. The number of likely N-dealkylation sites (tertiary alicyclic amines) is 1. The molecule has 7 nitrogen and oxygen atoms in total. The van der Waals surface area contributed by atoms with Gasteiger partial charge in [-0.05, 0) is 120 Å². The van der Waals surface area contributed by atoms with Crippen molar-refractivity contribution in [3.8, 4) is 0 Å². The highest BCUT2D eigenvalue weighted by atomic mass is 79.9. The number of halogens is 2. The lowest BCUT2D eigenvalue weighted by atomic mass is 9.82. The minimum Gasteiger partial charge on any atom is -0.444 e. The number of hydrogen-bond acceptors (Lipinski definition) is 6. The molecule has 4 atom stereocenters. The summed E-state index contributed by atoms with van der Waals surface area (Å²) < 4.78 is 7.63. The number of nitrogens with zero attached hydrogens (tertiary/aromatic N) is 5. The van der Waals surface area contributed by atoms with Crippen molar-refractivity contribution in [2.45, 2.75) is 70.9 Å². The summed E-state index contributed by atoms with van der Waals surface area (Å²) in [6.07, 6.45) is 11.5. The van der Waals surface area contributed by atoms with Crippen LogP contribution in [0.15, 0.2) is 45.6 Å². The van der Waals surface area contributed by atoms with E-state index < -0.39 is 5.60 Å². The van der Waals surface area contributed by atoms with Gasteiger partial charge in [0.1, 0.15) is 17.2 Å². The minimum atomic E-state index is -0.449. The summed E-state index contributed by atoms with van der Waals surface area (Å²) in [6.45, 7) is 10.8. The Balaban J connectivity index is 0.000000168. The largest absolute Gasteiger partial charge is 0.444 e. The van der Waals surface area contributed by atoms with Crippen LogP contribution in [0.3, 0.4) is 0 Å². The van der Waals surface area contributed by atoms with Gasteiger partial charge >= 0.3 is 6.09 Å². The molecule has 6 rings (SSSR count). The monoisotopic (exact) mass is 661 g/mol. The molecule has 1 amide bonds. The van der Waals surface area contributed by atoms with Gasteiger partial charge in [0.15, 0.2) is 0 Å². The number of amides is 1. The van der Waals surface area contributed by atoms with Gasteiger partial charge in [-0.25, -0.2) is 14.8 Å². The van der Waals surface area contributed by atoms with E-state index in [1.807, 2.05) is 50.2 Å². The Morgan fingerprint density at radius 3 is 1.82 bits per heavy atom. The third-order valence-electron chi connectivity index (χ3n) is 8.46. The van der Waals surface area contributed by atoms with Crippen LogP contribution in [0.5, 0.6) is 0 Å². The van der Waals surface area contributed by atoms with Gasteiger partial charge in [-0.2, -0.15) is 0 Å². The normalized spacial score (nSPS) is 26.4. The van der Waals surface area contributed by atoms with Crippen LogP contribution in [0.2, 0.25) is 0 Å². The zero-order chi connectivity index (χ0) is 27.6. The molecule has 3 saturated heterocycles. The van der Waals surface area contributed by atoms with Crippen molar-refractivity contribution in [2.75, 3.05) is 42.5 Å². The molecule has 39 heavy (non-hydrogen) atoms. The molecule has 212 valence electrons. The Hall–Kier alpha value is -1.87. The number of piperidine rings is 1. The Bertz CT molecular complexity index is 1090. The molecule has 0 aromatic carbocycles. The topological polar surface area (TPSA) is 61.8 Å². The number of pyridine rings is 2. The molecular weight excluding hydrogens is 622 g/mol. The van der Waals surface area contributed by atoms with Crippen molar-refractivity contribution in [1.82, 2.24) is 14.9 Å². The lowest BCUT2D eigenvalue weighted by Crippen LogP contribution is -2.50. The fourth-order valence-corrected chi connectivity index (χ4v) is 7.09. The number of carbonyl (C=O) groups excluding carboxylic acids is 1. The van der Waals surface area contributed by atoms with Crippen LogP contribution < -0.4 is 9.80 Å². The fourth-order valence-electron chi connectivity index (χ4n) is 6.62. The van der Waals surface area contributed by atoms with Crippen molar-refractivity contribution in [3.63, 3.8) is 0 Å². The van der Waals surface area contributed by atoms with E-state index in [0.29, 0.717) is 5.92 Å². The highest BCUT2D eigenvalue weighted by Crippen LogP contribution is 2.38. The smallest absolute Gasteiger partial charge is 0.410 e. The van der Waals surface area contributed by atoms with Crippen LogP contribution in [-0.2, 0) is 4.74 Å². The Labute approximate surface area is 249 Å². The van der Waals surface area contributed by atoms with Gasteiger partial charge in [0, 0.05) is 54.1 Å². The third kappa shape index (κ3) is 7.26. The summed E-state index contributed by atoms with van der Waals surface area (Å²) in [7, 11) is 0. The first-order valence-corrected chi connectivity index (χ1v) is 16.0. The Morgan fingerprint density at radius 1 is 0.795 bits per heavy atom. The minimum absolute atomic E-state index is 0.183. The second-order valence-corrected chi connectivity index (χ2v) is 14.3. The molecular formula is C30H41Br2N5O2. The molecule has 0 N–H and O–H groups in total. The highest BCUT2D eigenvalue weighted by molar-refractivity contribution is 9.10. The summed E-state index contributed by atoms with van der Waals surface area (Å²) in [6, 6.07) is 8.48. The van der Waals surface area contributed by atoms with Crippen molar-refractivity contribution >= 4 is 49.6 Å². The van der Waals surface area contributed by atoms with Gasteiger partial charge in [0.05, 0.1) is 6.04 Å². The van der Waals surface area contributed by atoms with E-state index in [9.17, 15) is 4.79 Å². The van der Waals surface area contributed by atoms with Gasteiger partial charge in [-0.15, -0.1) is 0 Å². The predicted octanol–water partition coefficient (Wildman–Crippen LogP) is 7.15. The molecule has 5 heterocycles. The summed E-state index contributed by atoms with van der Waals surface area (Å²) >= 11 is 6.86. The lowest BCUT2D eigenvalue weighted by Gasteiger charge is -2.37. The zero-order valence-electron chi connectivity index (χ0n) is 23.4. The molecule has 2 aromatic heterocycles. The van der Waals surface area contributed by atoms with E-state index >= 15 is 0 Å². The van der Waals surface area contributed by atoms with Crippen LogP contribution in [0.1, 0.15) is 59.3 Å². The van der Waals surface area contributed by atoms with Crippen LogP contribution in [-0.4, -0.2) is 65.3 Å². The van der Waals surface area contributed by atoms with Crippen LogP contribution in [0, 0.1) is 17.8 Å². The van der Waals surface area contributed by atoms with Gasteiger partial charge in [-0.3, -0.25) is 0 Å². The molecule has 9 heteroatoms. The number of fused-ring (bicyclic) bond motifs is 2. The molecule has 1 saturated carbocycles. The van der Waals surface area contributed by atoms with Crippen molar-refractivity contribution in [2.24, 2.45) is 17.8 Å². The lowest BCUT2D eigenvalue weighted by molar-refractivity contribution is 0.00669. The zero-order valence-corrected chi connectivity index (χ0v) is 26.5. The van der Waals surface area contributed by atoms with E-state index in [1.165, 1.54) is 38.8 Å². The molecule has 2 aromatic rings. The third-order valence-corrected chi connectivity index (χ3v) is 9.39. The molecule has 3 aliphatic heterocycles. The number of carbonyl (C=O) groups is 1. The maximum Gasteiger partial charge on any atom is 0.410 e. The van der Waals surface area contributed by atoms with Crippen molar-refractivity contribution in [1.29, 1.82) is 0 Å². The van der Waals surface area contributed by atoms with Gasteiger partial charge in [0.2, 0.25) is 0 Å². The first-order chi connectivity index (χ1) is 18.7. The Morgan fingerprint density at radius 2 is 1.31 bits per heavy atom. The summed E-state index contributed by atoms with van der Waals surface area (Å²) in [5, 5.41) is 0. The molecule has 0 spiro atoms. The highest BCUT2D eigenvalue weighted by Gasteiger charge is 2.42. The van der Waals surface area contributed by atoms with Gasteiger partial charge in [-0.1, -0.05) is 12.8 Å². The van der Waals surface area contributed by atoms with Gasteiger partial charge in [0.25, 0.3) is 0 Å². The molecule has 0 bridgehead atoms. The van der Waals surface area contributed by atoms with E-state index in [4.69, 9.17) is 4.74 Å². The average molecular weight is 663 g/mol. The van der Waals surface area contributed by atoms with E-state index in [-0.39, 0.29) is 12.1 Å². The molecule has 0 unspecified atom stereocenters. The standard InChI is InChI=1S/C17H24BrN3O2.C13H17BrN2/c1-17(2,3)23-16(22)21-8-4-5-12-10-20(11-14(12)21)15-7-6-13(18)9-19-15;14-12-5-6-13(15-7-12)16-8-10-3-1-2-4-11(10)9-16/h6-7,9,12,14H,4-5,8,10-11H2,1-3H3;5-7,10-11H,1-4,8-9H2/t12-,14+;10-,11+/m0./s1. The van der Waals surface area contributed by atoms with E-state index in [2.05, 4.69) is 63.8 Å². The molecule has 0 radical (unpaired) electrons. The first-order valence-electron chi connectivity index (χ1n) is 14.4. The maximum absolute atomic E-state index is 12.5. The Kier molecular flexibility index (Phi) is 9.06. The fraction of sp³-hybridized carbons (Fsp3) is 0.633. The molecule has 4 aliphatic rings. The second-order valence-electron chi connectivity index (χ2n) is 12.4. The van der Waals surface area contributed by atoms with Crippen molar-refractivity contribution in [3.05, 3.63) is 45.6 Å². The number of hydrogen-bond donors (Lipinski definition) is 0. The predicted molar refractivity (Wildman–Crippen MR) is 163 cm³/mol.